The van der Waals surface area contributed by atoms with Gasteiger partial charge in [-0.2, -0.15) is 0 Å². The minimum atomic E-state index is -0.153. The Morgan fingerprint density at radius 1 is 1.44 bits per heavy atom. The second kappa shape index (κ2) is 7.79. The molecule has 134 valence electrons. The summed E-state index contributed by atoms with van der Waals surface area (Å²) in [6, 6.07) is 1.80. The van der Waals surface area contributed by atoms with Crippen LogP contribution >= 0.6 is 11.3 Å². The molecule has 1 aliphatic heterocycles. The summed E-state index contributed by atoms with van der Waals surface area (Å²) in [5.41, 5.74) is 2.23. The molecule has 1 fully saturated rings. The minimum Gasteiger partial charge on any atom is -0.383 e. The number of rotatable bonds is 5. The van der Waals surface area contributed by atoms with Gasteiger partial charge >= 0.3 is 0 Å². The number of nitrogens with zero attached hydrogens (tertiary/aromatic N) is 3. The highest BCUT2D eigenvalue weighted by Crippen LogP contribution is 2.23. The van der Waals surface area contributed by atoms with Crippen LogP contribution in [0.2, 0.25) is 0 Å². The van der Waals surface area contributed by atoms with E-state index in [1.54, 1.807) is 40.5 Å². The zero-order valence-corrected chi connectivity index (χ0v) is 15.3. The predicted octanol–water partition coefficient (Wildman–Crippen LogP) is 1.77. The number of hydrogen-bond acceptors (Lipinski definition) is 5. The van der Waals surface area contributed by atoms with Crippen molar-refractivity contribution in [2.75, 3.05) is 39.9 Å². The van der Waals surface area contributed by atoms with E-state index in [0.717, 1.165) is 22.7 Å². The largest absolute Gasteiger partial charge is 0.383 e. The van der Waals surface area contributed by atoms with Crippen molar-refractivity contribution in [3.05, 3.63) is 28.3 Å². The number of hydrogen-bond donors (Lipinski definition) is 1. The fourth-order valence-corrected chi connectivity index (χ4v) is 3.48. The number of aryl methyl sites for hydroxylation is 1. The summed E-state index contributed by atoms with van der Waals surface area (Å²) >= 11 is 1.57. The van der Waals surface area contributed by atoms with Gasteiger partial charge in [0.1, 0.15) is 12.2 Å². The molecule has 8 heteroatoms. The molecule has 0 radical (unpaired) electrons. The first kappa shape index (κ1) is 17.6. The maximum Gasteiger partial charge on any atom is 0.270 e. The van der Waals surface area contributed by atoms with Crippen LogP contribution in [0.4, 0.5) is 0 Å². The van der Waals surface area contributed by atoms with E-state index in [2.05, 4.69) is 9.97 Å². The van der Waals surface area contributed by atoms with Gasteiger partial charge in [-0.1, -0.05) is 0 Å². The second-order valence-electron chi connectivity index (χ2n) is 6.01. The topological polar surface area (TPSA) is 78.5 Å². The lowest BCUT2D eigenvalue weighted by Crippen LogP contribution is -2.40. The van der Waals surface area contributed by atoms with Crippen LogP contribution in [0.1, 0.15) is 21.9 Å². The summed E-state index contributed by atoms with van der Waals surface area (Å²) in [6.07, 6.45) is 2.55. The van der Waals surface area contributed by atoms with Crippen LogP contribution < -0.4 is 0 Å². The van der Waals surface area contributed by atoms with Gasteiger partial charge in [0.2, 0.25) is 5.91 Å². The van der Waals surface area contributed by atoms with Crippen LogP contribution in [0.5, 0.6) is 0 Å². The monoisotopic (exact) mass is 362 g/mol. The molecule has 0 aromatic carbocycles. The Hall–Kier alpha value is -2.19. The molecular weight excluding hydrogens is 340 g/mol. The average molecular weight is 362 g/mol. The van der Waals surface area contributed by atoms with Crippen LogP contribution in [0.15, 0.2) is 17.6 Å². The molecule has 2 aromatic heterocycles. The van der Waals surface area contributed by atoms with Gasteiger partial charge in [0.05, 0.1) is 17.3 Å². The molecule has 0 aliphatic carbocycles. The van der Waals surface area contributed by atoms with E-state index in [1.807, 2.05) is 12.3 Å². The van der Waals surface area contributed by atoms with E-state index in [9.17, 15) is 9.59 Å². The number of ether oxygens (including phenoxy) is 1. The normalized spacial score (nSPS) is 15.5. The molecule has 0 spiro atoms. The quantitative estimate of drug-likeness (QED) is 0.879. The number of H-pyrrole nitrogens is 1. The van der Waals surface area contributed by atoms with E-state index in [4.69, 9.17) is 4.74 Å². The summed E-state index contributed by atoms with van der Waals surface area (Å²) in [6.45, 7) is 4.34. The van der Waals surface area contributed by atoms with Crippen LogP contribution in [0.25, 0.3) is 11.3 Å². The van der Waals surface area contributed by atoms with E-state index in [1.165, 1.54) is 0 Å². The third-order valence-corrected chi connectivity index (χ3v) is 4.99. The Morgan fingerprint density at radius 2 is 2.28 bits per heavy atom. The van der Waals surface area contributed by atoms with Crippen LogP contribution in [-0.4, -0.2) is 71.5 Å². The number of amides is 2. The second-order valence-corrected chi connectivity index (χ2v) is 7.07. The molecule has 2 amide bonds. The number of carbonyl (C=O) groups excluding carboxylic acids is 2. The van der Waals surface area contributed by atoms with Crippen molar-refractivity contribution in [3.63, 3.8) is 0 Å². The standard InChI is InChI=1S/C17H22N4O3S/c1-12-19-15(11-25-12)13-8-14(18-9-13)17(23)21-5-3-4-20(6-7-24-2)16(22)10-21/h8-9,11,18H,3-7,10H2,1-2H3. The van der Waals surface area contributed by atoms with Crippen molar-refractivity contribution in [2.24, 2.45) is 0 Å². The van der Waals surface area contributed by atoms with E-state index in [-0.39, 0.29) is 18.4 Å². The van der Waals surface area contributed by atoms with Crippen molar-refractivity contribution in [1.29, 1.82) is 0 Å². The molecule has 1 N–H and O–H groups in total. The van der Waals surface area contributed by atoms with Gasteiger partial charge in [0, 0.05) is 43.9 Å². The lowest BCUT2D eigenvalue weighted by molar-refractivity contribution is -0.131. The molecule has 3 rings (SSSR count). The molecule has 7 nitrogen and oxygen atoms in total. The molecule has 0 saturated carbocycles. The smallest absolute Gasteiger partial charge is 0.270 e. The number of methoxy groups -OCH3 is 1. The van der Waals surface area contributed by atoms with Crippen molar-refractivity contribution >= 4 is 23.2 Å². The first-order valence-corrected chi connectivity index (χ1v) is 9.13. The van der Waals surface area contributed by atoms with Gasteiger partial charge in [-0.15, -0.1) is 11.3 Å². The summed E-state index contributed by atoms with van der Waals surface area (Å²) in [4.78, 5) is 35.9. The van der Waals surface area contributed by atoms with E-state index in [0.29, 0.717) is 31.9 Å². The maximum absolute atomic E-state index is 12.8. The first-order valence-electron chi connectivity index (χ1n) is 8.25. The van der Waals surface area contributed by atoms with Crippen molar-refractivity contribution in [3.8, 4) is 11.3 Å². The number of aromatic nitrogens is 2. The van der Waals surface area contributed by atoms with Gasteiger partial charge in [0.15, 0.2) is 0 Å². The molecule has 1 saturated heterocycles. The minimum absolute atomic E-state index is 0.0372. The fourth-order valence-electron chi connectivity index (χ4n) is 2.86. The molecule has 0 bridgehead atoms. The summed E-state index contributed by atoms with van der Waals surface area (Å²) in [5, 5.41) is 2.95. The summed E-state index contributed by atoms with van der Waals surface area (Å²) in [5.74, 6) is -0.190. The van der Waals surface area contributed by atoms with E-state index >= 15 is 0 Å². The lowest BCUT2D eigenvalue weighted by Gasteiger charge is -2.21. The van der Waals surface area contributed by atoms with Crippen LogP contribution in [0.3, 0.4) is 0 Å². The maximum atomic E-state index is 12.8. The average Bonchev–Trinajstić information content (AvgIpc) is 3.20. The van der Waals surface area contributed by atoms with Crippen molar-refractivity contribution in [1.82, 2.24) is 19.8 Å². The fraction of sp³-hybridized carbons (Fsp3) is 0.471. The predicted molar refractivity (Wildman–Crippen MR) is 95.6 cm³/mol. The third kappa shape index (κ3) is 4.08. The SMILES string of the molecule is COCCN1CCCN(C(=O)c2cc(-c3csc(C)n3)c[nH]2)CC1=O. The molecule has 0 unspecified atom stereocenters. The Bertz CT molecular complexity index is 755. The number of thiazole rings is 1. The Labute approximate surface area is 150 Å². The van der Waals surface area contributed by atoms with E-state index < -0.39 is 0 Å². The highest BCUT2D eigenvalue weighted by atomic mass is 32.1. The Balaban J connectivity index is 1.68. The zero-order chi connectivity index (χ0) is 17.8. The molecule has 1 aliphatic rings. The molecule has 0 atom stereocenters. The Kier molecular flexibility index (Phi) is 5.50. The summed E-state index contributed by atoms with van der Waals surface area (Å²) in [7, 11) is 1.62. The lowest BCUT2D eigenvalue weighted by atomic mass is 10.2. The summed E-state index contributed by atoms with van der Waals surface area (Å²) < 4.78 is 5.04. The van der Waals surface area contributed by atoms with Gasteiger partial charge in [-0.25, -0.2) is 4.98 Å². The number of aromatic amines is 1. The highest BCUT2D eigenvalue weighted by molar-refractivity contribution is 7.09. The number of carbonyl (C=O) groups is 2. The van der Waals surface area contributed by atoms with Crippen LogP contribution in [-0.2, 0) is 9.53 Å². The Morgan fingerprint density at radius 3 is 3.00 bits per heavy atom. The third-order valence-electron chi connectivity index (χ3n) is 4.22. The zero-order valence-electron chi connectivity index (χ0n) is 14.4. The van der Waals surface area contributed by atoms with Crippen molar-refractivity contribution < 1.29 is 14.3 Å². The molecule has 3 heterocycles. The van der Waals surface area contributed by atoms with Gasteiger partial charge in [-0.05, 0) is 19.4 Å². The van der Waals surface area contributed by atoms with Crippen molar-refractivity contribution in [2.45, 2.75) is 13.3 Å². The van der Waals surface area contributed by atoms with Gasteiger partial charge in [-0.3, -0.25) is 9.59 Å². The van der Waals surface area contributed by atoms with Gasteiger partial charge in [0.25, 0.3) is 5.91 Å². The molecule has 2 aromatic rings. The van der Waals surface area contributed by atoms with Gasteiger partial charge < -0.3 is 19.5 Å². The first-order chi connectivity index (χ1) is 12.1. The van der Waals surface area contributed by atoms with Crippen LogP contribution in [0, 0.1) is 6.92 Å². The molecular formula is C17H22N4O3S. The molecule has 25 heavy (non-hydrogen) atoms. The highest BCUT2D eigenvalue weighted by Gasteiger charge is 2.26. The number of nitrogens with one attached hydrogen (secondary N) is 1.